The Morgan fingerprint density at radius 2 is 1.90 bits per heavy atom. The lowest BCUT2D eigenvalue weighted by Gasteiger charge is -2.53. The van der Waals surface area contributed by atoms with Crippen LogP contribution in [0.3, 0.4) is 0 Å². The normalized spacial score (nSPS) is 22.7. The summed E-state index contributed by atoms with van der Waals surface area (Å²) in [6.07, 6.45) is 12.6. The molecular weight excluding hydrogens is 608 g/mol. The quantitative estimate of drug-likeness (QED) is 0.223. The number of nitrogens with zero attached hydrogens (tertiary/aromatic N) is 7. The highest BCUT2D eigenvalue weighted by atomic mass is 16.5. The maximum absolute atomic E-state index is 12.1. The molecular formula is C35H44N10O3. The number of amides is 2. The Kier molecular flexibility index (Phi) is 7.81. The Balaban J connectivity index is 0.811. The number of likely N-dealkylation sites (tertiary alicyclic amines) is 1. The predicted molar refractivity (Wildman–Crippen MR) is 181 cm³/mol. The molecule has 0 radical (unpaired) electrons. The molecule has 8 rings (SSSR count). The van der Waals surface area contributed by atoms with E-state index in [2.05, 4.69) is 42.5 Å². The number of carbonyl (C=O) groups excluding carboxylic acids is 2. The maximum atomic E-state index is 12.1. The van der Waals surface area contributed by atoms with E-state index in [0.717, 1.165) is 56.3 Å². The van der Waals surface area contributed by atoms with Gasteiger partial charge in [0.2, 0.25) is 11.8 Å². The van der Waals surface area contributed by atoms with Gasteiger partial charge in [0.25, 0.3) is 11.8 Å². The highest BCUT2D eigenvalue weighted by Gasteiger charge is 2.45. The first-order chi connectivity index (χ1) is 23.2. The van der Waals surface area contributed by atoms with Crippen LogP contribution in [0.2, 0.25) is 0 Å². The Bertz CT molecular complexity index is 1820. The molecule has 2 amide bonds. The zero-order valence-electron chi connectivity index (χ0n) is 27.9. The van der Waals surface area contributed by atoms with Gasteiger partial charge in [0.1, 0.15) is 5.69 Å². The van der Waals surface area contributed by atoms with Crippen molar-refractivity contribution in [3.63, 3.8) is 0 Å². The molecule has 4 aliphatic rings. The number of hydrogen-bond donors (Lipinski definition) is 3. The number of benzene rings is 1. The molecule has 13 heteroatoms. The smallest absolute Gasteiger partial charge is 0.259 e. The Morgan fingerprint density at radius 3 is 2.65 bits per heavy atom. The van der Waals surface area contributed by atoms with Crippen LogP contribution >= 0.6 is 0 Å². The van der Waals surface area contributed by atoms with Crippen molar-refractivity contribution in [2.45, 2.75) is 71.4 Å². The average molecular weight is 653 g/mol. The Morgan fingerprint density at radius 1 is 1.08 bits per heavy atom. The molecule has 13 nitrogen and oxygen atoms in total. The third kappa shape index (κ3) is 5.78. The van der Waals surface area contributed by atoms with Gasteiger partial charge in [0, 0.05) is 49.7 Å². The molecule has 48 heavy (non-hydrogen) atoms. The van der Waals surface area contributed by atoms with E-state index in [-0.39, 0.29) is 17.9 Å². The fourth-order valence-corrected chi connectivity index (χ4v) is 8.35. The lowest BCUT2D eigenvalue weighted by Crippen LogP contribution is -2.49. The third-order valence-corrected chi connectivity index (χ3v) is 11.0. The monoisotopic (exact) mass is 652 g/mol. The van der Waals surface area contributed by atoms with Gasteiger partial charge >= 0.3 is 0 Å². The molecule has 0 bridgehead atoms. The lowest BCUT2D eigenvalue weighted by molar-refractivity contribution is 0.0156. The van der Waals surface area contributed by atoms with Gasteiger partial charge in [-0.15, -0.1) is 5.10 Å². The topological polar surface area (TPSA) is 146 Å². The van der Waals surface area contributed by atoms with E-state index in [1.807, 2.05) is 26.0 Å². The predicted octanol–water partition coefficient (Wildman–Crippen LogP) is 4.39. The highest BCUT2D eigenvalue weighted by molar-refractivity contribution is 6.21. The number of ether oxygens (including phenoxy) is 1. The van der Waals surface area contributed by atoms with Crippen molar-refractivity contribution in [3.8, 4) is 17.1 Å². The van der Waals surface area contributed by atoms with Gasteiger partial charge < -0.3 is 19.9 Å². The molecule has 1 aromatic carbocycles. The number of aromatic nitrogens is 6. The van der Waals surface area contributed by atoms with E-state index in [4.69, 9.17) is 14.8 Å². The minimum Gasteiger partial charge on any atom is -0.473 e. The second-order valence-electron chi connectivity index (χ2n) is 14.7. The number of imide groups is 1. The summed E-state index contributed by atoms with van der Waals surface area (Å²) in [5, 5.41) is 17.7. The average Bonchev–Trinajstić information content (AvgIpc) is 3.80. The highest BCUT2D eigenvalue weighted by Crippen LogP contribution is 2.54. The zero-order valence-corrected chi connectivity index (χ0v) is 27.9. The number of nitrogens with one attached hydrogen (secondary N) is 3. The summed E-state index contributed by atoms with van der Waals surface area (Å²) in [6.45, 7) is 11.6. The first-order valence-corrected chi connectivity index (χ1v) is 17.4. The van der Waals surface area contributed by atoms with Crippen molar-refractivity contribution in [2.75, 3.05) is 42.9 Å². The molecule has 4 aromatic rings. The molecule has 2 saturated heterocycles. The molecule has 3 aromatic heterocycles. The first-order valence-electron chi connectivity index (χ1n) is 17.4. The third-order valence-electron chi connectivity index (χ3n) is 11.0. The molecule has 1 spiro atoms. The van der Waals surface area contributed by atoms with Crippen LogP contribution in [0.4, 0.5) is 11.6 Å². The van der Waals surface area contributed by atoms with E-state index in [1.165, 1.54) is 32.1 Å². The SMILES string of the molecule is CC(C)Oc1c(-c2cn[nH]c2)ncc2nc(N[C@H]3CCN(CCC4CC5(CCN(c6ccc7c(c6)C(=O)NC7=O)CC5)C4)C[C@H]3C)nn12. The number of anilines is 2. The summed E-state index contributed by atoms with van der Waals surface area (Å²) in [5.74, 6) is 1.86. The van der Waals surface area contributed by atoms with Gasteiger partial charge in [-0.05, 0) is 94.4 Å². The minimum atomic E-state index is -0.291. The molecule has 252 valence electrons. The van der Waals surface area contributed by atoms with Crippen LogP contribution in [0, 0.1) is 17.3 Å². The van der Waals surface area contributed by atoms with E-state index in [0.29, 0.717) is 51.7 Å². The largest absolute Gasteiger partial charge is 0.473 e. The van der Waals surface area contributed by atoms with Crippen molar-refractivity contribution in [1.82, 2.24) is 40.0 Å². The molecule has 3 aliphatic heterocycles. The second-order valence-corrected chi connectivity index (χ2v) is 14.7. The van der Waals surface area contributed by atoms with Crippen LogP contribution in [-0.4, -0.2) is 91.4 Å². The van der Waals surface area contributed by atoms with Crippen molar-refractivity contribution >= 4 is 29.1 Å². The number of aromatic amines is 1. The fraction of sp³-hybridized carbons (Fsp3) is 0.543. The van der Waals surface area contributed by atoms with E-state index < -0.39 is 0 Å². The van der Waals surface area contributed by atoms with Crippen LogP contribution < -0.4 is 20.3 Å². The summed E-state index contributed by atoms with van der Waals surface area (Å²) in [5.41, 5.74) is 4.68. The van der Waals surface area contributed by atoms with Gasteiger partial charge in [-0.3, -0.25) is 20.0 Å². The van der Waals surface area contributed by atoms with Crippen molar-refractivity contribution < 1.29 is 14.3 Å². The molecule has 2 atom stereocenters. The van der Waals surface area contributed by atoms with Crippen LogP contribution in [0.15, 0.2) is 36.8 Å². The minimum absolute atomic E-state index is 0.0475. The van der Waals surface area contributed by atoms with Crippen molar-refractivity contribution in [2.24, 2.45) is 17.3 Å². The number of fused-ring (bicyclic) bond motifs is 2. The molecule has 1 aliphatic carbocycles. The number of rotatable bonds is 9. The molecule has 1 saturated carbocycles. The molecule has 3 fully saturated rings. The van der Waals surface area contributed by atoms with Gasteiger partial charge in [-0.25, -0.2) is 4.98 Å². The zero-order chi connectivity index (χ0) is 33.0. The summed E-state index contributed by atoms with van der Waals surface area (Å²) < 4.78 is 7.90. The number of H-pyrrole nitrogens is 1. The van der Waals surface area contributed by atoms with Gasteiger partial charge in [-0.1, -0.05) is 6.92 Å². The Hall–Kier alpha value is -4.52. The van der Waals surface area contributed by atoms with Crippen LogP contribution in [0.5, 0.6) is 5.88 Å². The van der Waals surface area contributed by atoms with Crippen LogP contribution in [-0.2, 0) is 0 Å². The van der Waals surface area contributed by atoms with Crippen molar-refractivity contribution in [1.29, 1.82) is 0 Å². The maximum Gasteiger partial charge on any atom is 0.259 e. The van der Waals surface area contributed by atoms with E-state index >= 15 is 0 Å². The number of piperidine rings is 2. The van der Waals surface area contributed by atoms with Gasteiger partial charge in [0.15, 0.2) is 5.65 Å². The lowest BCUT2D eigenvalue weighted by atomic mass is 9.57. The van der Waals surface area contributed by atoms with E-state index in [1.54, 1.807) is 29.2 Å². The standard InChI is InChI=1S/C35H44N10O3/c1-21(2)48-33-30(24-17-37-38-18-24)36-19-29-40-34(42-45(29)33)39-28-7-11-43(20-22(28)3)10-6-23-15-35(16-23)8-12-44(13-9-35)25-4-5-26-27(14-25)32(47)41-31(26)46/h4-5,14,17-19,21-23,28H,6-13,15-16,20H2,1-3H3,(H,37,38)(H,39,42)(H,41,46,47)/t22-,28+/m1/s1. The first kappa shape index (κ1) is 30.8. The summed E-state index contributed by atoms with van der Waals surface area (Å²) in [6, 6.07) is 5.97. The van der Waals surface area contributed by atoms with Crippen LogP contribution in [0.1, 0.15) is 80.0 Å². The van der Waals surface area contributed by atoms with Gasteiger partial charge in [0.05, 0.1) is 29.6 Å². The summed E-state index contributed by atoms with van der Waals surface area (Å²) in [7, 11) is 0. The summed E-state index contributed by atoms with van der Waals surface area (Å²) in [4.78, 5) is 38.4. The number of hydrogen-bond acceptors (Lipinski definition) is 10. The van der Waals surface area contributed by atoms with Crippen LogP contribution in [0.25, 0.3) is 16.9 Å². The molecule has 0 unspecified atom stereocenters. The second kappa shape index (κ2) is 12.2. The van der Waals surface area contributed by atoms with Gasteiger partial charge in [-0.2, -0.15) is 14.6 Å². The number of carbonyl (C=O) groups is 2. The van der Waals surface area contributed by atoms with Crippen molar-refractivity contribution in [3.05, 3.63) is 47.9 Å². The fourth-order valence-electron chi connectivity index (χ4n) is 8.35. The Labute approximate surface area is 279 Å². The molecule has 6 heterocycles. The van der Waals surface area contributed by atoms with E-state index in [9.17, 15) is 9.59 Å². The summed E-state index contributed by atoms with van der Waals surface area (Å²) >= 11 is 0. The molecule has 3 N–H and O–H groups in total.